The van der Waals surface area contributed by atoms with Crippen LogP contribution in [0.15, 0.2) is 22.7 Å². The van der Waals surface area contributed by atoms with Gasteiger partial charge in [0.1, 0.15) is 11.5 Å². The highest BCUT2D eigenvalue weighted by atomic mass is 16.5. The van der Waals surface area contributed by atoms with Crippen molar-refractivity contribution in [2.75, 3.05) is 14.2 Å². The van der Waals surface area contributed by atoms with E-state index in [1.807, 2.05) is 26.1 Å². The summed E-state index contributed by atoms with van der Waals surface area (Å²) in [5.41, 5.74) is 1.74. The van der Waals surface area contributed by atoms with E-state index >= 15 is 0 Å². The first-order valence-corrected chi connectivity index (χ1v) is 6.18. The van der Waals surface area contributed by atoms with Crippen molar-refractivity contribution in [3.8, 4) is 23.0 Å². The van der Waals surface area contributed by atoms with E-state index in [2.05, 4.69) is 9.97 Å². The number of fused-ring (bicyclic) bond motifs is 1. The van der Waals surface area contributed by atoms with Crippen LogP contribution in [0.3, 0.4) is 0 Å². The van der Waals surface area contributed by atoms with Crippen molar-refractivity contribution in [1.82, 2.24) is 14.4 Å². The summed E-state index contributed by atoms with van der Waals surface area (Å²) >= 11 is 0. The Labute approximate surface area is 116 Å². The Bertz CT molecular complexity index is 773. The minimum absolute atomic E-state index is 0.464. The van der Waals surface area contributed by atoms with Crippen LogP contribution < -0.4 is 9.47 Å². The van der Waals surface area contributed by atoms with Gasteiger partial charge in [-0.05, 0) is 19.9 Å². The molecule has 3 heterocycles. The molecule has 0 aliphatic heterocycles. The molecule has 0 aromatic carbocycles. The number of aromatic nitrogens is 3. The minimum Gasteiger partial charge on any atom is -0.482 e. The van der Waals surface area contributed by atoms with Gasteiger partial charge in [-0.1, -0.05) is 0 Å². The Balaban J connectivity index is 2.22. The van der Waals surface area contributed by atoms with E-state index in [9.17, 15) is 0 Å². The molecule has 0 aliphatic carbocycles. The van der Waals surface area contributed by atoms with Gasteiger partial charge in [-0.3, -0.25) is 4.40 Å². The summed E-state index contributed by atoms with van der Waals surface area (Å²) in [6, 6.07) is 3.67. The summed E-state index contributed by atoms with van der Waals surface area (Å²) in [7, 11) is 3.16. The first-order chi connectivity index (χ1) is 9.62. The second kappa shape index (κ2) is 4.56. The maximum Gasteiger partial charge on any atom is 0.240 e. The number of hydrogen-bond donors (Lipinski definition) is 0. The van der Waals surface area contributed by atoms with Gasteiger partial charge in [0.05, 0.1) is 26.0 Å². The van der Waals surface area contributed by atoms with E-state index < -0.39 is 0 Å². The van der Waals surface area contributed by atoms with Crippen LogP contribution >= 0.6 is 0 Å². The zero-order chi connectivity index (χ0) is 14.3. The molecule has 0 fully saturated rings. The molecule has 0 amide bonds. The fourth-order valence-electron chi connectivity index (χ4n) is 2.19. The van der Waals surface area contributed by atoms with Crippen molar-refractivity contribution in [2.24, 2.45) is 0 Å². The van der Waals surface area contributed by atoms with Crippen molar-refractivity contribution in [1.29, 1.82) is 0 Å². The molecule has 0 radical (unpaired) electrons. The van der Waals surface area contributed by atoms with E-state index in [0.717, 1.165) is 22.8 Å². The van der Waals surface area contributed by atoms with Crippen LogP contribution in [0.5, 0.6) is 11.8 Å². The van der Waals surface area contributed by atoms with Crippen molar-refractivity contribution < 1.29 is 13.9 Å². The third-order valence-corrected chi connectivity index (χ3v) is 3.12. The van der Waals surface area contributed by atoms with Gasteiger partial charge in [-0.15, -0.1) is 0 Å². The van der Waals surface area contributed by atoms with Gasteiger partial charge in [0.15, 0.2) is 0 Å². The Morgan fingerprint density at radius 3 is 2.50 bits per heavy atom. The highest BCUT2D eigenvalue weighted by Crippen LogP contribution is 2.28. The number of methoxy groups -OCH3 is 2. The lowest BCUT2D eigenvalue weighted by Gasteiger charge is -2.04. The predicted octanol–water partition coefficient (Wildman–Crippen LogP) is 2.62. The lowest BCUT2D eigenvalue weighted by atomic mass is 10.2. The molecule has 104 valence electrons. The van der Waals surface area contributed by atoms with Gasteiger partial charge in [0, 0.05) is 11.8 Å². The third-order valence-electron chi connectivity index (χ3n) is 3.12. The molecular weight excluding hydrogens is 258 g/mol. The van der Waals surface area contributed by atoms with E-state index in [1.165, 1.54) is 0 Å². The summed E-state index contributed by atoms with van der Waals surface area (Å²) in [5, 5.41) is 0. The zero-order valence-corrected chi connectivity index (χ0v) is 11.8. The van der Waals surface area contributed by atoms with E-state index in [-0.39, 0.29) is 0 Å². The predicted molar refractivity (Wildman–Crippen MR) is 73.3 cm³/mol. The van der Waals surface area contributed by atoms with E-state index in [0.29, 0.717) is 17.5 Å². The fraction of sp³-hybridized carbons (Fsp3) is 0.286. The van der Waals surface area contributed by atoms with Crippen molar-refractivity contribution >= 4 is 5.78 Å². The van der Waals surface area contributed by atoms with Crippen molar-refractivity contribution in [2.45, 2.75) is 13.8 Å². The number of imidazole rings is 1. The molecular formula is C14H15N3O3. The molecule has 20 heavy (non-hydrogen) atoms. The molecule has 0 bridgehead atoms. The summed E-state index contributed by atoms with van der Waals surface area (Å²) < 4.78 is 17.8. The fourth-order valence-corrected chi connectivity index (χ4v) is 2.19. The minimum atomic E-state index is 0.464. The first kappa shape index (κ1) is 12.5. The Kier molecular flexibility index (Phi) is 2.85. The standard InChI is InChI=1S/C14H15N3O3/c1-8-5-10(9(2)20-8)11-7-17-13(19-4)6-12(18-3)16-14(17)15-11/h5-7H,1-4H3. The average molecular weight is 273 g/mol. The van der Waals surface area contributed by atoms with Gasteiger partial charge in [-0.2, -0.15) is 4.98 Å². The number of rotatable bonds is 3. The molecule has 3 aromatic rings. The number of hydrogen-bond acceptors (Lipinski definition) is 5. The molecule has 3 aromatic heterocycles. The average Bonchev–Trinajstić information content (AvgIpc) is 2.99. The Morgan fingerprint density at radius 1 is 1.10 bits per heavy atom. The zero-order valence-electron chi connectivity index (χ0n) is 11.8. The van der Waals surface area contributed by atoms with Gasteiger partial charge < -0.3 is 13.9 Å². The number of ether oxygens (including phenoxy) is 2. The van der Waals surface area contributed by atoms with Gasteiger partial charge in [-0.25, -0.2) is 4.98 Å². The Morgan fingerprint density at radius 2 is 1.90 bits per heavy atom. The lowest BCUT2D eigenvalue weighted by Crippen LogP contribution is -1.97. The molecule has 0 unspecified atom stereocenters. The van der Waals surface area contributed by atoms with Crippen LogP contribution in [0.1, 0.15) is 11.5 Å². The van der Waals surface area contributed by atoms with Gasteiger partial charge in [0.25, 0.3) is 0 Å². The molecule has 6 heteroatoms. The second-order valence-corrected chi connectivity index (χ2v) is 4.46. The number of furan rings is 1. The molecule has 0 saturated heterocycles. The number of nitrogens with zero attached hydrogens (tertiary/aromatic N) is 3. The van der Waals surface area contributed by atoms with Crippen LogP contribution in [0.25, 0.3) is 17.0 Å². The Hall–Kier alpha value is -2.50. The molecule has 0 aliphatic rings. The first-order valence-electron chi connectivity index (χ1n) is 6.18. The van der Waals surface area contributed by atoms with Crippen LogP contribution in [-0.2, 0) is 0 Å². The molecule has 3 rings (SSSR count). The largest absolute Gasteiger partial charge is 0.482 e. The van der Waals surface area contributed by atoms with Crippen LogP contribution in [0, 0.1) is 13.8 Å². The number of aryl methyl sites for hydroxylation is 2. The second-order valence-electron chi connectivity index (χ2n) is 4.46. The maximum absolute atomic E-state index is 5.54. The van der Waals surface area contributed by atoms with Crippen LogP contribution in [0.2, 0.25) is 0 Å². The topological polar surface area (TPSA) is 61.8 Å². The molecule has 0 saturated carbocycles. The van der Waals surface area contributed by atoms with Crippen molar-refractivity contribution in [3.63, 3.8) is 0 Å². The highest BCUT2D eigenvalue weighted by molar-refractivity contribution is 5.64. The molecule has 6 nitrogen and oxygen atoms in total. The lowest BCUT2D eigenvalue weighted by molar-refractivity contribution is 0.369. The van der Waals surface area contributed by atoms with E-state index in [4.69, 9.17) is 13.9 Å². The van der Waals surface area contributed by atoms with E-state index in [1.54, 1.807) is 24.7 Å². The SMILES string of the molecule is COc1cc(OC)n2cc(-c3cc(C)oc3C)nc2n1. The molecule has 0 atom stereocenters. The molecule has 0 spiro atoms. The summed E-state index contributed by atoms with van der Waals surface area (Å²) in [5.74, 6) is 3.29. The van der Waals surface area contributed by atoms with Crippen molar-refractivity contribution in [3.05, 3.63) is 29.9 Å². The normalized spacial score (nSPS) is 11.0. The van der Waals surface area contributed by atoms with Crippen LogP contribution in [-0.4, -0.2) is 28.6 Å². The van der Waals surface area contributed by atoms with Gasteiger partial charge in [0.2, 0.25) is 17.5 Å². The highest BCUT2D eigenvalue weighted by Gasteiger charge is 2.14. The smallest absolute Gasteiger partial charge is 0.240 e. The monoisotopic (exact) mass is 273 g/mol. The molecule has 0 N–H and O–H groups in total. The summed E-state index contributed by atoms with van der Waals surface area (Å²) in [4.78, 5) is 8.81. The maximum atomic E-state index is 5.54. The quantitative estimate of drug-likeness (QED) is 0.734. The third kappa shape index (κ3) is 1.89. The summed E-state index contributed by atoms with van der Waals surface area (Å²) in [6.07, 6.45) is 1.87. The van der Waals surface area contributed by atoms with Gasteiger partial charge >= 0.3 is 0 Å². The van der Waals surface area contributed by atoms with Crippen LogP contribution in [0.4, 0.5) is 0 Å². The summed E-state index contributed by atoms with van der Waals surface area (Å²) in [6.45, 7) is 3.83.